The van der Waals surface area contributed by atoms with Crippen molar-refractivity contribution in [1.82, 2.24) is 10.3 Å². The predicted molar refractivity (Wildman–Crippen MR) is 153 cm³/mol. The van der Waals surface area contributed by atoms with E-state index in [9.17, 15) is 9.59 Å². The van der Waals surface area contributed by atoms with Crippen molar-refractivity contribution < 1.29 is 28.2 Å². The largest absolute Gasteiger partial charge is 0.493 e. The first-order valence-electron chi connectivity index (χ1n) is 13.0. The normalized spacial score (nSPS) is 11.4. The summed E-state index contributed by atoms with van der Waals surface area (Å²) in [6.07, 6.45) is 0.536. The van der Waals surface area contributed by atoms with Crippen LogP contribution in [0.4, 0.5) is 4.79 Å². The standard InChI is InChI=1S/C30H37BrN2O6/c1-19(2)37-29(35)32-18-22-17-23(13-11-21(22)12-14-27(34)39-30(4,5)6)36-16-15-26-20(3)38-28(33-26)24-9-7-8-10-25(24)31/h7-11,13,17,19H,12,14-16,18H2,1-6H3,(H,32,35). The summed E-state index contributed by atoms with van der Waals surface area (Å²) in [5.41, 5.74) is 2.94. The maximum atomic E-state index is 12.3. The van der Waals surface area contributed by atoms with Crippen LogP contribution in [0.25, 0.3) is 11.5 Å². The number of hydrogen-bond acceptors (Lipinski definition) is 7. The molecule has 1 heterocycles. The molecule has 39 heavy (non-hydrogen) atoms. The number of esters is 1. The molecular formula is C30H37BrN2O6. The molecule has 0 fully saturated rings. The number of carbonyl (C=O) groups excluding carboxylic acids is 2. The van der Waals surface area contributed by atoms with E-state index in [2.05, 4.69) is 26.2 Å². The molecule has 0 aliphatic heterocycles. The Morgan fingerprint density at radius 3 is 2.51 bits per heavy atom. The van der Waals surface area contributed by atoms with Crippen molar-refractivity contribution in [3.63, 3.8) is 0 Å². The molecule has 0 aliphatic carbocycles. The van der Waals surface area contributed by atoms with Gasteiger partial charge in [-0.1, -0.05) is 18.2 Å². The number of nitrogens with zero attached hydrogens (tertiary/aromatic N) is 1. The second kappa shape index (κ2) is 13.6. The topological polar surface area (TPSA) is 99.9 Å². The Morgan fingerprint density at radius 1 is 1.08 bits per heavy atom. The lowest BCUT2D eigenvalue weighted by molar-refractivity contribution is -0.154. The van der Waals surface area contributed by atoms with E-state index in [1.165, 1.54) is 0 Å². The van der Waals surface area contributed by atoms with Crippen molar-refractivity contribution in [2.24, 2.45) is 0 Å². The van der Waals surface area contributed by atoms with Crippen molar-refractivity contribution >= 4 is 28.0 Å². The number of benzene rings is 2. The first kappa shape index (κ1) is 30.2. The number of aromatic nitrogens is 1. The second-order valence-electron chi connectivity index (χ2n) is 10.4. The summed E-state index contributed by atoms with van der Waals surface area (Å²) in [5.74, 6) is 1.68. The number of hydrogen-bond donors (Lipinski definition) is 1. The first-order valence-corrected chi connectivity index (χ1v) is 13.8. The van der Waals surface area contributed by atoms with E-state index >= 15 is 0 Å². The maximum Gasteiger partial charge on any atom is 0.407 e. The molecule has 1 amide bonds. The zero-order valence-electron chi connectivity index (χ0n) is 23.4. The summed E-state index contributed by atoms with van der Waals surface area (Å²) in [6, 6.07) is 13.4. The van der Waals surface area contributed by atoms with Gasteiger partial charge in [0.2, 0.25) is 5.89 Å². The van der Waals surface area contributed by atoms with Crippen LogP contribution in [0, 0.1) is 6.92 Å². The van der Waals surface area contributed by atoms with Crippen molar-refractivity contribution in [2.75, 3.05) is 6.61 Å². The number of alkyl carbamates (subject to hydrolysis) is 1. The SMILES string of the molecule is Cc1oc(-c2ccccc2Br)nc1CCOc1ccc(CCC(=O)OC(C)(C)C)c(CNC(=O)OC(C)C)c1. The molecule has 0 saturated carbocycles. The quantitative estimate of drug-likeness (QED) is 0.238. The number of oxazole rings is 1. The molecule has 1 N–H and O–H groups in total. The van der Waals surface area contributed by atoms with Gasteiger partial charge in [-0.25, -0.2) is 9.78 Å². The molecular weight excluding hydrogens is 564 g/mol. The lowest BCUT2D eigenvalue weighted by Gasteiger charge is -2.20. The average Bonchev–Trinajstić information content (AvgIpc) is 3.21. The average molecular weight is 602 g/mol. The number of nitrogens with one attached hydrogen (secondary N) is 1. The van der Waals surface area contributed by atoms with Gasteiger partial charge in [-0.05, 0) is 99.3 Å². The van der Waals surface area contributed by atoms with Crippen LogP contribution in [-0.4, -0.2) is 35.4 Å². The lowest BCUT2D eigenvalue weighted by atomic mass is 10.0. The van der Waals surface area contributed by atoms with Crippen LogP contribution in [0.15, 0.2) is 51.4 Å². The van der Waals surface area contributed by atoms with Crippen molar-refractivity contribution in [3.05, 3.63) is 69.5 Å². The number of rotatable bonds is 11. The van der Waals surface area contributed by atoms with E-state index in [1.807, 2.05) is 70.2 Å². The Labute approximate surface area is 238 Å². The molecule has 0 bridgehead atoms. The Hall–Kier alpha value is -3.33. The molecule has 210 valence electrons. The highest BCUT2D eigenvalue weighted by atomic mass is 79.9. The van der Waals surface area contributed by atoms with Crippen molar-refractivity contribution in [1.29, 1.82) is 0 Å². The number of ether oxygens (including phenoxy) is 3. The molecule has 8 nitrogen and oxygen atoms in total. The third-order valence-electron chi connectivity index (χ3n) is 5.57. The van der Waals surface area contributed by atoms with Gasteiger partial charge in [-0.15, -0.1) is 0 Å². The summed E-state index contributed by atoms with van der Waals surface area (Å²) in [6.45, 7) is 11.6. The van der Waals surface area contributed by atoms with Gasteiger partial charge in [0.25, 0.3) is 0 Å². The lowest BCUT2D eigenvalue weighted by Crippen LogP contribution is -2.27. The van der Waals surface area contributed by atoms with Crippen molar-refractivity contribution in [3.8, 4) is 17.2 Å². The van der Waals surface area contributed by atoms with E-state index in [0.29, 0.717) is 31.1 Å². The fourth-order valence-corrected chi connectivity index (χ4v) is 4.28. The highest BCUT2D eigenvalue weighted by molar-refractivity contribution is 9.10. The van der Waals surface area contributed by atoms with Crippen LogP contribution in [-0.2, 0) is 33.7 Å². The molecule has 0 radical (unpaired) electrons. The minimum absolute atomic E-state index is 0.227. The van der Waals surface area contributed by atoms with Crippen LogP contribution in [0.5, 0.6) is 5.75 Å². The van der Waals surface area contributed by atoms with Gasteiger partial charge in [0.05, 0.1) is 24.0 Å². The van der Waals surface area contributed by atoms with Crippen molar-refractivity contribution in [2.45, 2.75) is 79.1 Å². The number of carbonyl (C=O) groups is 2. The predicted octanol–water partition coefficient (Wildman–Crippen LogP) is 6.94. The van der Waals surface area contributed by atoms with Crippen LogP contribution in [0.1, 0.15) is 63.6 Å². The third kappa shape index (κ3) is 9.73. The molecule has 0 spiro atoms. The fraction of sp³-hybridized carbons (Fsp3) is 0.433. The summed E-state index contributed by atoms with van der Waals surface area (Å²) < 4.78 is 23.5. The van der Waals surface area contributed by atoms with E-state index in [1.54, 1.807) is 13.8 Å². The Bertz CT molecular complexity index is 1280. The molecule has 0 aliphatic rings. The Kier molecular flexibility index (Phi) is 10.6. The van der Waals surface area contributed by atoms with Gasteiger partial charge in [0.1, 0.15) is 17.1 Å². The Morgan fingerprint density at radius 2 is 1.82 bits per heavy atom. The van der Waals surface area contributed by atoms with Gasteiger partial charge < -0.3 is 23.9 Å². The number of aryl methyl sites for hydroxylation is 2. The minimum atomic E-state index is -0.541. The van der Waals surface area contributed by atoms with Gasteiger partial charge in [-0.3, -0.25) is 4.79 Å². The molecule has 3 aromatic rings. The highest BCUT2D eigenvalue weighted by Crippen LogP contribution is 2.29. The molecule has 3 rings (SSSR count). The van der Waals surface area contributed by atoms with Crippen LogP contribution >= 0.6 is 15.9 Å². The van der Waals surface area contributed by atoms with Crippen LogP contribution in [0.3, 0.4) is 0 Å². The fourth-order valence-electron chi connectivity index (χ4n) is 3.83. The highest BCUT2D eigenvalue weighted by Gasteiger charge is 2.18. The molecule has 2 aromatic carbocycles. The zero-order chi connectivity index (χ0) is 28.6. The van der Waals surface area contributed by atoms with Crippen LogP contribution < -0.4 is 10.1 Å². The van der Waals surface area contributed by atoms with Crippen LogP contribution in [0.2, 0.25) is 0 Å². The summed E-state index contributed by atoms with van der Waals surface area (Å²) >= 11 is 3.54. The molecule has 1 aromatic heterocycles. The van der Waals surface area contributed by atoms with Gasteiger partial charge in [0, 0.05) is 23.9 Å². The van der Waals surface area contributed by atoms with Gasteiger partial charge in [-0.2, -0.15) is 0 Å². The summed E-state index contributed by atoms with van der Waals surface area (Å²) in [4.78, 5) is 29.0. The van der Waals surface area contributed by atoms with Gasteiger partial charge >= 0.3 is 12.1 Å². The molecule has 0 unspecified atom stereocenters. The Balaban J connectivity index is 1.67. The van der Waals surface area contributed by atoms with E-state index in [-0.39, 0.29) is 25.0 Å². The smallest absolute Gasteiger partial charge is 0.407 e. The summed E-state index contributed by atoms with van der Waals surface area (Å²) in [7, 11) is 0. The summed E-state index contributed by atoms with van der Waals surface area (Å²) in [5, 5.41) is 2.78. The second-order valence-corrected chi connectivity index (χ2v) is 11.3. The first-order chi connectivity index (χ1) is 18.4. The maximum absolute atomic E-state index is 12.3. The van der Waals surface area contributed by atoms with E-state index in [0.717, 1.165) is 32.6 Å². The van der Waals surface area contributed by atoms with E-state index in [4.69, 9.17) is 18.6 Å². The number of amides is 1. The van der Waals surface area contributed by atoms with E-state index < -0.39 is 11.7 Å². The zero-order valence-corrected chi connectivity index (χ0v) is 25.0. The molecule has 9 heteroatoms. The molecule has 0 saturated heterocycles. The third-order valence-corrected chi connectivity index (χ3v) is 6.26. The minimum Gasteiger partial charge on any atom is -0.493 e. The monoisotopic (exact) mass is 600 g/mol. The van der Waals surface area contributed by atoms with Gasteiger partial charge in [0.15, 0.2) is 0 Å². The number of halogens is 1. The molecule has 0 atom stereocenters.